The molecule has 0 aliphatic carbocycles. The number of hydrogen-bond acceptors (Lipinski definition) is 2. The standard InChI is InChI=1S/C12H18N2/c1-8-4-5-11-12(6-8)13-7-9(2)10(3)14-11/h4-6,9-10,13-14H,7H2,1-3H3. The van der Waals surface area contributed by atoms with E-state index in [-0.39, 0.29) is 0 Å². The second-order valence-electron chi connectivity index (χ2n) is 4.34. The zero-order valence-electron chi connectivity index (χ0n) is 9.09. The fourth-order valence-corrected chi connectivity index (χ4v) is 1.77. The summed E-state index contributed by atoms with van der Waals surface area (Å²) in [5.41, 5.74) is 3.77. The lowest BCUT2D eigenvalue weighted by Crippen LogP contribution is -2.25. The molecule has 0 saturated heterocycles. The highest BCUT2D eigenvalue weighted by Crippen LogP contribution is 2.27. The Morgan fingerprint density at radius 2 is 2.00 bits per heavy atom. The summed E-state index contributed by atoms with van der Waals surface area (Å²) in [6, 6.07) is 7.04. The second kappa shape index (κ2) is 3.52. The van der Waals surface area contributed by atoms with Crippen LogP contribution in [0.4, 0.5) is 11.4 Å². The van der Waals surface area contributed by atoms with Crippen LogP contribution in [0.5, 0.6) is 0 Å². The maximum Gasteiger partial charge on any atom is 0.0578 e. The largest absolute Gasteiger partial charge is 0.383 e. The van der Waals surface area contributed by atoms with Gasteiger partial charge in [-0.1, -0.05) is 13.0 Å². The molecule has 1 aromatic carbocycles. The molecule has 2 unspecified atom stereocenters. The van der Waals surface area contributed by atoms with Gasteiger partial charge in [0, 0.05) is 12.6 Å². The summed E-state index contributed by atoms with van der Waals surface area (Å²) >= 11 is 0. The molecule has 0 aromatic heterocycles. The van der Waals surface area contributed by atoms with Gasteiger partial charge < -0.3 is 10.6 Å². The molecule has 0 fully saturated rings. The third-order valence-corrected chi connectivity index (χ3v) is 3.03. The zero-order valence-corrected chi connectivity index (χ0v) is 9.09. The quantitative estimate of drug-likeness (QED) is 0.657. The summed E-state index contributed by atoms with van der Waals surface area (Å²) in [6.45, 7) is 7.68. The van der Waals surface area contributed by atoms with Crippen molar-refractivity contribution in [2.45, 2.75) is 26.8 Å². The monoisotopic (exact) mass is 190 g/mol. The van der Waals surface area contributed by atoms with Crippen molar-refractivity contribution in [2.24, 2.45) is 5.92 Å². The number of rotatable bonds is 0. The number of nitrogens with one attached hydrogen (secondary N) is 2. The highest BCUT2D eigenvalue weighted by molar-refractivity contribution is 5.70. The lowest BCUT2D eigenvalue weighted by molar-refractivity contribution is 0.542. The molecular formula is C12H18N2. The summed E-state index contributed by atoms with van der Waals surface area (Å²) in [5, 5.41) is 7.02. The van der Waals surface area contributed by atoms with E-state index in [2.05, 4.69) is 49.6 Å². The van der Waals surface area contributed by atoms with Gasteiger partial charge in [0.1, 0.15) is 0 Å². The molecule has 0 radical (unpaired) electrons. The van der Waals surface area contributed by atoms with Gasteiger partial charge in [0.15, 0.2) is 0 Å². The molecule has 0 spiro atoms. The van der Waals surface area contributed by atoms with Gasteiger partial charge in [0.2, 0.25) is 0 Å². The number of hydrogen-bond donors (Lipinski definition) is 2. The molecule has 76 valence electrons. The minimum Gasteiger partial charge on any atom is -0.383 e. The van der Waals surface area contributed by atoms with E-state index in [1.807, 2.05) is 0 Å². The number of fused-ring (bicyclic) bond motifs is 1. The van der Waals surface area contributed by atoms with Gasteiger partial charge in [0.05, 0.1) is 11.4 Å². The normalized spacial score (nSPS) is 25.6. The van der Waals surface area contributed by atoms with E-state index in [9.17, 15) is 0 Å². The van der Waals surface area contributed by atoms with Crippen molar-refractivity contribution in [3.05, 3.63) is 23.8 Å². The molecule has 1 heterocycles. The first-order valence-electron chi connectivity index (χ1n) is 5.28. The maximum atomic E-state index is 3.54. The first-order valence-corrected chi connectivity index (χ1v) is 5.28. The Morgan fingerprint density at radius 3 is 2.79 bits per heavy atom. The third-order valence-electron chi connectivity index (χ3n) is 3.03. The topological polar surface area (TPSA) is 24.1 Å². The average Bonchev–Trinajstić information content (AvgIpc) is 2.29. The molecule has 0 saturated carbocycles. The van der Waals surface area contributed by atoms with Crippen molar-refractivity contribution in [1.29, 1.82) is 0 Å². The first-order chi connectivity index (χ1) is 6.66. The van der Waals surface area contributed by atoms with Crippen LogP contribution in [-0.2, 0) is 0 Å². The predicted octanol–water partition coefficient (Wildman–Crippen LogP) is 2.86. The van der Waals surface area contributed by atoms with Gasteiger partial charge in [-0.15, -0.1) is 0 Å². The van der Waals surface area contributed by atoms with Crippen molar-refractivity contribution in [3.8, 4) is 0 Å². The summed E-state index contributed by atoms with van der Waals surface area (Å²) < 4.78 is 0. The summed E-state index contributed by atoms with van der Waals surface area (Å²) in [7, 11) is 0. The average molecular weight is 190 g/mol. The van der Waals surface area contributed by atoms with E-state index in [0.29, 0.717) is 12.0 Å². The van der Waals surface area contributed by atoms with Gasteiger partial charge >= 0.3 is 0 Å². The number of anilines is 2. The lowest BCUT2D eigenvalue weighted by atomic mass is 10.0. The molecule has 1 aromatic rings. The molecule has 2 rings (SSSR count). The Kier molecular flexibility index (Phi) is 2.36. The fraction of sp³-hybridized carbons (Fsp3) is 0.500. The molecule has 2 heteroatoms. The van der Waals surface area contributed by atoms with E-state index in [1.54, 1.807) is 0 Å². The van der Waals surface area contributed by atoms with Crippen LogP contribution in [0.3, 0.4) is 0 Å². The van der Waals surface area contributed by atoms with Crippen molar-refractivity contribution in [2.75, 3.05) is 17.2 Å². The van der Waals surface area contributed by atoms with Crippen molar-refractivity contribution in [1.82, 2.24) is 0 Å². The van der Waals surface area contributed by atoms with E-state index < -0.39 is 0 Å². The fourth-order valence-electron chi connectivity index (χ4n) is 1.77. The molecular weight excluding hydrogens is 172 g/mol. The molecule has 2 nitrogen and oxygen atoms in total. The Balaban J connectivity index is 2.33. The third kappa shape index (κ3) is 1.69. The molecule has 2 N–H and O–H groups in total. The van der Waals surface area contributed by atoms with E-state index >= 15 is 0 Å². The van der Waals surface area contributed by atoms with E-state index in [0.717, 1.165) is 6.54 Å². The van der Waals surface area contributed by atoms with Gasteiger partial charge in [-0.2, -0.15) is 0 Å². The minimum absolute atomic E-state index is 0.534. The van der Waals surface area contributed by atoms with Crippen LogP contribution in [0.25, 0.3) is 0 Å². The van der Waals surface area contributed by atoms with Crippen LogP contribution in [0.2, 0.25) is 0 Å². The molecule has 2 atom stereocenters. The van der Waals surface area contributed by atoms with Gasteiger partial charge in [0.25, 0.3) is 0 Å². The molecule has 1 aliphatic rings. The Bertz CT molecular complexity index is 333. The number of aryl methyl sites for hydroxylation is 1. The minimum atomic E-state index is 0.534. The van der Waals surface area contributed by atoms with Crippen molar-refractivity contribution >= 4 is 11.4 Å². The SMILES string of the molecule is Cc1ccc2c(c1)NCC(C)C(C)N2. The van der Waals surface area contributed by atoms with Crippen molar-refractivity contribution in [3.63, 3.8) is 0 Å². The van der Waals surface area contributed by atoms with Crippen molar-refractivity contribution < 1.29 is 0 Å². The number of benzene rings is 1. The summed E-state index contributed by atoms with van der Waals surface area (Å²) in [4.78, 5) is 0. The maximum absolute atomic E-state index is 3.54. The van der Waals surface area contributed by atoms with Gasteiger partial charge in [-0.05, 0) is 37.5 Å². The van der Waals surface area contributed by atoms with Crippen LogP contribution in [0.1, 0.15) is 19.4 Å². The highest BCUT2D eigenvalue weighted by atomic mass is 15.0. The lowest BCUT2D eigenvalue weighted by Gasteiger charge is -2.17. The smallest absolute Gasteiger partial charge is 0.0578 e. The van der Waals surface area contributed by atoms with Crippen LogP contribution in [0, 0.1) is 12.8 Å². The zero-order chi connectivity index (χ0) is 10.1. The van der Waals surface area contributed by atoms with Crippen LogP contribution < -0.4 is 10.6 Å². The highest BCUT2D eigenvalue weighted by Gasteiger charge is 2.17. The van der Waals surface area contributed by atoms with E-state index in [4.69, 9.17) is 0 Å². The van der Waals surface area contributed by atoms with Crippen LogP contribution in [-0.4, -0.2) is 12.6 Å². The molecule has 1 aliphatic heterocycles. The predicted molar refractivity (Wildman–Crippen MR) is 61.9 cm³/mol. The Labute approximate surface area is 85.7 Å². The Morgan fingerprint density at radius 1 is 1.21 bits per heavy atom. The summed E-state index contributed by atoms with van der Waals surface area (Å²) in [6.07, 6.45) is 0. The molecule has 14 heavy (non-hydrogen) atoms. The Hall–Kier alpha value is -1.18. The summed E-state index contributed by atoms with van der Waals surface area (Å²) in [5.74, 6) is 0.655. The van der Waals surface area contributed by atoms with Gasteiger partial charge in [-0.25, -0.2) is 0 Å². The molecule has 0 amide bonds. The van der Waals surface area contributed by atoms with Crippen LogP contribution in [0.15, 0.2) is 18.2 Å². The van der Waals surface area contributed by atoms with Gasteiger partial charge in [-0.3, -0.25) is 0 Å². The second-order valence-corrected chi connectivity index (χ2v) is 4.34. The van der Waals surface area contributed by atoms with Crippen LogP contribution >= 0.6 is 0 Å². The first kappa shape index (κ1) is 9.38. The van der Waals surface area contributed by atoms with E-state index in [1.165, 1.54) is 16.9 Å². The molecule has 0 bridgehead atoms.